The lowest BCUT2D eigenvalue weighted by Gasteiger charge is -2.18. The van der Waals surface area contributed by atoms with Gasteiger partial charge in [-0.05, 0) is 26.3 Å². The van der Waals surface area contributed by atoms with Gasteiger partial charge in [-0.1, -0.05) is 26.7 Å². The molecule has 0 radical (unpaired) electrons. The third kappa shape index (κ3) is 4.90. The summed E-state index contributed by atoms with van der Waals surface area (Å²) >= 11 is 0. The van der Waals surface area contributed by atoms with E-state index in [0.29, 0.717) is 6.04 Å². The Morgan fingerprint density at radius 1 is 1.29 bits per heavy atom. The van der Waals surface area contributed by atoms with Crippen molar-refractivity contribution in [3.63, 3.8) is 0 Å². The number of imidazole rings is 1. The van der Waals surface area contributed by atoms with Gasteiger partial charge in [0.25, 0.3) is 0 Å². The lowest BCUT2D eigenvalue weighted by Crippen LogP contribution is -2.32. The van der Waals surface area contributed by atoms with E-state index < -0.39 is 0 Å². The second-order valence-corrected chi connectivity index (χ2v) is 4.63. The molecule has 0 bridgehead atoms. The van der Waals surface area contributed by atoms with Crippen LogP contribution in [-0.4, -0.2) is 22.1 Å². The van der Waals surface area contributed by atoms with E-state index in [1.807, 2.05) is 6.20 Å². The minimum atomic E-state index is 0.586. The standard InChI is InChI=1S/C14H27N3/c1-4-7-8-13(15-9-5-2)12-14-16-10-11-17(14)6-3/h10-11,13,15H,4-9,12H2,1-3H3. The number of aromatic nitrogens is 2. The Labute approximate surface area is 106 Å². The zero-order chi connectivity index (χ0) is 12.5. The van der Waals surface area contributed by atoms with Gasteiger partial charge in [-0.25, -0.2) is 4.98 Å². The van der Waals surface area contributed by atoms with Crippen molar-refractivity contribution in [3.05, 3.63) is 18.2 Å². The third-order valence-electron chi connectivity index (χ3n) is 3.16. The molecule has 3 nitrogen and oxygen atoms in total. The van der Waals surface area contributed by atoms with Crippen molar-refractivity contribution in [2.24, 2.45) is 0 Å². The molecule has 0 fully saturated rings. The van der Waals surface area contributed by atoms with Gasteiger partial charge < -0.3 is 9.88 Å². The number of unbranched alkanes of at least 4 members (excludes halogenated alkanes) is 1. The molecule has 1 heterocycles. The van der Waals surface area contributed by atoms with Gasteiger partial charge in [0, 0.05) is 31.4 Å². The largest absolute Gasteiger partial charge is 0.335 e. The third-order valence-corrected chi connectivity index (χ3v) is 3.16. The van der Waals surface area contributed by atoms with Gasteiger partial charge in [0.05, 0.1) is 0 Å². The van der Waals surface area contributed by atoms with Crippen molar-refractivity contribution in [1.82, 2.24) is 14.9 Å². The summed E-state index contributed by atoms with van der Waals surface area (Å²) in [6.45, 7) is 8.78. The summed E-state index contributed by atoms with van der Waals surface area (Å²) in [4.78, 5) is 4.47. The minimum Gasteiger partial charge on any atom is -0.335 e. The van der Waals surface area contributed by atoms with E-state index in [4.69, 9.17) is 0 Å². The molecule has 17 heavy (non-hydrogen) atoms. The molecule has 1 aromatic rings. The quantitative estimate of drug-likeness (QED) is 0.715. The Hall–Kier alpha value is -0.830. The van der Waals surface area contributed by atoms with E-state index in [1.54, 1.807) is 0 Å². The summed E-state index contributed by atoms with van der Waals surface area (Å²) in [6, 6.07) is 0.586. The molecular formula is C14H27N3. The van der Waals surface area contributed by atoms with Crippen LogP contribution in [0.4, 0.5) is 0 Å². The Morgan fingerprint density at radius 3 is 2.76 bits per heavy atom. The number of rotatable bonds is 9. The van der Waals surface area contributed by atoms with Gasteiger partial charge in [0.1, 0.15) is 5.82 Å². The van der Waals surface area contributed by atoms with Gasteiger partial charge in [-0.15, -0.1) is 0 Å². The highest BCUT2D eigenvalue weighted by molar-refractivity contribution is 4.95. The maximum Gasteiger partial charge on any atom is 0.110 e. The lowest BCUT2D eigenvalue weighted by molar-refractivity contribution is 0.448. The first-order valence-corrected chi connectivity index (χ1v) is 7.05. The van der Waals surface area contributed by atoms with E-state index in [-0.39, 0.29) is 0 Å². The van der Waals surface area contributed by atoms with Crippen LogP contribution >= 0.6 is 0 Å². The average Bonchev–Trinajstić information content (AvgIpc) is 2.79. The molecular weight excluding hydrogens is 210 g/mol. The van der Waals surface area contributed by atoms with E-state index in [0.717, 1.165) is 19.5 Å². The molecule has 1 atom stereocenters. The summed E-state index contributed by atoms with van der Waals surface area (Å²) in [6.07, 6.45) is 10.1. The lowest BCUT2D eigenvalue weighted by atomic mass is 10.1. The highest BCUT2D eigenvalue weighted by Gasteiger charge is 2.11. The van der Waals surface area contributed by atoms with Gasteiger partial charge in [-0.3, -0.25) is 0 Å². The normalized spacial score (nSPS) is 12.9. The second kappa shape index (κ2) is 8.29. The molecule has 3 heteroatoms. The Morgan fingerprint density at radius 2 is 2.12 bits per heavy atom. The van der Waals surface area contributed by atoms with Crippen molar-refractivity contribution >= 4 is 0 Å². The van der Waals surface area contributed by atoms with Crippen LogP contribution in [0.3, 0.4) is 0 Å². The number of hydrogen-bond donors (Lipinski definition) is 1. The fourth-order valence-corrected chi connectivity index (χ4v) is 2.11. The molecule has 0 spiro atoms. The van der Waals surface area contributed by atoms with Crippen LogP contribution in [0.1, 0.15) is 52.3 Å². The summed E-state index contributed by atoms with van der Waals surface area (Å²) in [5.41, 5.74) is 0. The zero-order valence-electron chi connectivity index (χ0n) is 11.6. The van der Waals surface area contributed by atoms with Crippen molar-refractivity contribution < 1.29 is 0 Å². The van der Waals surface area contributed by atoms with Crippen molar-refractivity contribution in [3.8, 4) is 0 Å². The predicted molar refractivity (Wildman–Crippen MR) is 73.2 cm³/mol. The summed E-state index contributed by atoms with van der Waals surface area (Å²) < 4.78 is 2.24. The van der Waals surface area contributed by atoms with Crippen molar-refractivity contribution in [2.45, 2.75) is 65.5 Å². The van der Waals surface area contributed by atoms with Crippen molar-refractivity contribution in [2.75, 3.05) is 6.54 Å². The van der Waals surface area contributed by atoms with E-state index in [9.17, 15) is 0 Å². The van der Waals surface area contributed by atoms with E-state index in [2.05, 4.69) is 41.8 Å². The summed E-state index contributed by atoms with van der Waals surface area (Å²) in [5.74, 6) is 1.22. The molecule has 0 amide bonds. The fraction of sp³-hybridized carbons (Fsp3) is 0.786. The Kier molecular flexibility index (Phi) is 6.94. The van der Waals surface area contributed by atoms with Gasteiger partial charge >= 0.3 is 0 Å². The highest BCUT2D eigenvalue weighted by Crippen LogP contribution is 2.08. The van der Waals surface area contributed by atoms with Gasteiger partial charge in [0.2, 0.25) is 0 Å². The monoisotopic (exact) mass is 237 g/mol. The van der Waals surface area contributed by atoms with Gasteiger partial charge in [0.15, 0.2) is 0 Å². The van der Waals surface area contributed by atoms with Crippen LogP contribution in [0.5, 0.6) is 0 Å². The number of nitrogens with zero attached hydrogens (tertiary/aromatic N) is 2. The van der Waals surface area contributed by atoms with Crippen LogP contribution in [-0.2, 0) is 13.0 Å². The molecule has 1 unspecified atom stereocenters. The Bertz CT molecular complexity index is 285. The first kappa shape index (κ1) is 14.2. The van der Waals surface area contributed by atoms with E-state index in [1.165, 1.54) is 31.5 Å². The molecule has 0 aliphatic heterocycles. The minimum absolute atomic E-state index is 0.586. The molecule has 0 saturated heterocycles. The van der Waals surface area contributed by atoms with Crippen LogP contribution in [0.2, 0.25) is 0 Å². The number of hydrogen-bond acceptors (Lipinski definition) is 2. The predicted octanol–water partition coefficient (Wildman–Crippen LogP) is 3.00. The van der Waals surface area contributed by atoms with Crippen LogP contribution in [0.25, 0.3) is 0 Å². The maximum atomic E-state index is 4.47. The molecule has 1 rings (SSSR count). The molecule has 0 aliphatic carbocycles. The van der Waals surface area contributed by atoms with E-state index >= 15 is 0 Å². The number of nitrogens with one attached hydrogen (secondary N) is 1. The van der Waals surface area contributed by atoms with Crippen LogP contribution in [0.15, 0.2) is 12.4 Å². The smallest absolute Gasteiger partial charge is 0.110 e. The average molecular weight is 237 g/mol. The molecule has 0 aliphatic rings. The molecule has 1 aromatic heterocycles. The highest BCUT2D eigenvalue weighted by atomic mass is 15.1. The molecule has 0 saturated carbocycles. The first-order chi connectivity index (χ1) is 8.31. The molecule has 0 aromatic carbocycles. The van der Waals surface area contributed by atoms with Crippen molar-refractivity contribution in [1.29, 1.82) is 0 Å². The van der Waals surface area contributed by atoms with Crippen LogP contribution in [0, 0.1) is 0 Å². The SMILES string of the molecule is CCCCC(Cc1nccn1CC)NCCC. The topological polar surface area (TPSA) is 29.9 Å². The summed E-state index contributed by atoms with van der Waals surface area (Å²) in [5, 5.41) is 3.64. The first-order valence-electron chi connectivity index (χ1n) is 7.05. The fourth-order valence-electron chi connectivity index (χ4n) is 2.11. The van der Waals surface area contributed by atoms with Crippen LogP contribution < -0.4 is 5.32 Å². The van der Waals surface area contributed by atoms with Gasteiger partial charge in [-0.2, -0.15) is 0 Å². The summed E-state index contributed by atoms with van der Waals surface area (Å²) in [7, 11) is 0. The Balaban J connectivity index is 2.51. The molecule has 98 valence electrons. The molecule has 1 N–H and O–H groups in total. The second-order valence-electron chi connectivity index (χ2n) is 4.63. The maximum absolute atomic E-state index is 4.47. The zero-order valence-corrected chi connectivity index (χ0v) is 11.6. The number of aryl methyl sites for hydroxylation is 1.